The van der Waals surface area contributed by atoms with Gasteiger partial charge in [-0.25, -0.2) is 4.98 Å². The van der Waals surface area contributed by atoms with Gasteiger partial charge in [-0.3, -0.25) is 9.78 Å². The highest BCUT2D eigenvalue weighted by Crippen LogP contribution is 2.29. The van der Waals surface area contributed by atoms with E-state index in [0.717, 1.165) is 26.9 Å². The van der Waals surface area contributed by atoms with Gasteiger partial charge in [0.15, 0.2) is 0 Å². The zero-order valence-corrected chi connectivity index (χ0v) is 13.6. The highest BCUT2D eigenvalue weighted by Gasteiger charge is 2.12. The largest absolute Gasteiger partial charge is 0.497 e. The third kappa shape index (κ3) is 2.68. The molecule has 24 heavy (non-hydrogen) atoms. The lowest BCUT2D eigenvalue weighted by atomic mass is 10.2. The molecule has 0 saturated carbocycles. The van der Waals surface area contributed by atoms with Gasteiger partial charge in [0.1, 0.15) is 10.6 Å². The number of benzene rings is 1. The van der Waals surface area contributed by atoms with Crippen molar-refractivity contribution in [1.82, 2.24) is 9.97 Å². The fourth-order valence-corrected chi connectivity index (χ4v) is 3.39. The Morgan fingerprint density at radius 1 is 1.17 bits per heavy atom. The molecule has 0 aliphatic carbocycles. The van der Waals surface area contributed by atoms with Gasteiger partial charge in [0.2, 0.25) is 0 Å². The molecule has 3 heterocycles. The van der Waals surface area contributed by atoms with Gasteiger partial charge in [0, 0.05) is 23.0 Å². The molecule has 6 heteroatoms. The number of nitrogens with one attached hydrogen (secondary N) is 1. The molecule has 0 unspecified atom stereocenters. The number of fused-ring (bicyclic) bond motifs is 2. The molecule has 0 atom stereocenters. The first-order valence-corrected chi connectivity index (χ1v) is 8.14. The summed E-state index contributed by atoms with van der Waals surface area (Å²) in [6.45, 7) is 0. The summed E-state index contributed by atoms with van der Waals surface area (Å²) in [7, 11) is 1.63. The van der Waals surface area contributed by atoms with E-state index in [4.69, 9.17) is 4.74 Å². The summed E-state index contributed by atoms with van der Waals surface area (Å²) in [5, 5.41) is 4.81. The van der Waals surface area contributed by atoms with Gasteiger partial charge < -0.3 is 10.1 Å². The smallest absolute Gasteiger partial charge is 0.265 e. The standard InChI is InChI=1S/C18H13N3O2S/c1-23-14-5-4-11-7-12-8-16(24-18(12)21-15(11)9-14)17(22)20-13-3-2-6-19-10-13/h2-10H,1H3,(H,20,22). The molecule has 1 amide bonds. The Kier molecular flexibility index (Phi) is 3.59. The Morgan fingerprint density at radius 3 is 2.88 bits per heavy atom. The van der Waals surface area contributed by atoms with Crippen LogP contribution in [0.1, 0.15) is 9.67 Å². The van der Waals surface area contributed by atoms with Crippen molar-refractivity contribution in [1.29, 1.82) is 0 Å². The zero-order chi connectivity index (χ0) is 16.5. The molecule has 3 aromatic heterocycles. The molecule has 4 rings (SSSR count). The number of ether oxygens (including phenoxy) is 1. The lowest BCUT2D eigenvalue weighted by Gasteiger charge is -2.01. The third-order valence-electron chi connectivity index (χ3n) is 3.65. The second kappa shape index (κ2) is 5.90. The van der Waals surface area contributed by atoms with Crippen molar-refractivity contribution in [2.45, 2.75) is 0 Å². The number of anilines is 1. The van der Waals surface area contributed by atoms with Gasteiger partial charge in [0.25, 0.3) is 5.91 Å². The lowest BCUT2D eigenvalue weighted by Crippen LogP contribution is -2.09. The predicted octanol–water partition coefficient (Wildman–Crippen LogP) is 4.11. The Balaban J connectivity index is 1.72. The Bertz CT molecular complexity index is 1040. The number of methoxy groups -OCH3 is 1. The summed E-state index contributed by atoms with van der Waals surface area (Å²) in [4.78, 5) is 22.5. The van der Waals surface area contributed by atoms with E-state index in [9.17, 15) is 4.79 Å². The molecular weight excluding hydrogens is 322 g/mol. The molecule has 0 saturated heterocycles. The van der Waals surface area contributed by atoms with Crippen molar-refractivity contribution < 1.29 is 9.53 Å². The van der Waals surface area contributed by atoms with Crippen molar-refractivity contribution in [3.05, 3.63) is 59.7 Å². The maximum atomic E-state index is 12.4. The van der Waals surface area contributed by atoms with E-state index in [1.807, 2.05) is 30.3 Å². The molecule has 0 aliphatic rings. The van der Waals surface area contributed by atoms with E-state index in [2.05, 4.69) is 15.3 Å². The van der Waals surface area contributed by atoms with Crippen molar-refractivity contribution in [2.75, 3.05) is 12.4 Å². The summed E-state index contributed by atoms with van der Waals surface area (Å²) in [5.74, 6) is 0.605. The number of rotatable bonds is 3. The minimum Gasteiger partial charge on any atom is -0.497 e. The SMILES string of the molecule is COc1ccc2cc3cc(C(=O)Nc4cccnc4)sc3nc2c1. The monoisotopic (exact) mass is 335 g/mol. The van der Waals surface area contributed by atoms with Crippen molar-refractivity contribution in [2.24, 2.45) is 0 Å². The fraction of sp³-hybridized carbons (Fsp3) is 0.0556. The molecular formula is C18H13N3O2S. The van der Waals surface area contributed by atoms with Crippen LogP contribution in [-0.4, -0.2) is 23.0 Å². The number of pyridine rings is 2. The highest BCUT2D eigenvalue weighted by molar-refractivity contribution is 7.20. The first kappa shape index (κ1) is 14.6. The Labute approximate surface area is 141 Å². The molecule has 118 valence electrons. The van der Waals surface area contributed by atoms with Crippen LogP contribution in [0.4, 0.5) is 5.69 Å². The van der Waals surface area contributed by atoms with Crippen LogP contribution in [0.2, 0.25) is 0 Å². The molecule has 4 aromatic rings. The van der Waals surface area contributed by atoms with Crippen LogP contribution in [0.25, 0.3) is 21.1 Å². The van der Waals surface area contributed by atoms with Gasteiger partial charge in [0.05, 0.1) is 29.4 Å². The molecule has 0 radical (unpaired) electrons. The second-order valence-corrected chi connectivity index (χ2v) is 6.28. The topological polar surface area (TPSA) is 64.1 Å². The first-order chi connectivity index (χ1) is 11.7. The van der Waals surface area contributed by atoms with Crippen molar-refractivity contribution in [3.63, 3.8) is 0 Å². The number of carbonyl (C=O) groups is 1. The molecule has 0 aliphatic heterocycles. The normalized spacial score (nSPS) is 10.9. The van der Waals surface area contributed by atoms with Gasteiger partial charge in [-0.15, -0.1) is 11.3 Å². The summed E-state index contributed by atoms with van der Waals surface area (Å²) < 4.78 is 5.24. The van der Waals surface area contributed by atoms with E-state index in [0.29, 0.717) is 10.6 Å². The summed E-state index contributed by atoms with van der Waals surface area (Å²) >= 11 is 1.37. The maximum Gasteiger partial charge on any atom is 0.265 e. The molecule has 0 fully saturated rings. The Hall–Kier alpha value is -2.99. The van der Waals surface area contributed by atoms with Crippen molar-refractivity contribution >= 4 is 44.1 Å². The van der Waals surface area contributed by atoms with E-state index in [-0.39, 0.29) is 5.91 Å². The molecule has 1 aromatic carbocycles. The van der Waals surface area contributed by atoms with Gasteiger partial charge in [-0.05, 0) is 36.4 Å². The quantitative estimate of drug-likeness (QED) is 0.612. The minimum absolute atomic E-state index is 0.160. The van der Waals surface area contributed by atoms with E-state index in [1.165, 1.54) is 11.3 Å². The number of hydrogen-bond donors (Lipinski definition) is 1. The number of hydrogen-bond acceptors (Lipinski definition) is 5. The molecule has 5 nitrogen and oxygen atoms in total. The third-order valence-corrected chi connectivity index (χ3v) is 4.70. The number of amides is 1. The van der Waals surface area contributed by atoms with Crippen LogP contribution in [0.3, 0.4) is 0 Å². The highest BCUT2D eigenvalue weighted by atomic mass is 32.1. The zero-order valence-electron chi connectivity index (χ0n) is 12.8. The minimum atomic E-state index is -0.160. The maximum absolute atomic E-state index is 12.4. The predicted molar refractivity (Wildman–Crippen MR) is 95.9 cm³/mol. The number of aromatic nitrogens is 2. The van der Waals surface area contributed by atoms with Crippen LogP contribution < -0.4 is 10.1 Å². The van der Waals surface area contributed by atoms with Crippen LogP contribution in [0.5, 0.6) is 5.75 Å². The number of carbonyl (C=O) groups excluding carboxylic acids is 1. The Morgan fingerprint density at radius 2 is 2.08 bits per heavy atom. The van der Waals surface area contributed by atoms with Gasteiger partial charge in [-0.1, -0.05) is 0 Å². The fourth-order valence-electron chi connectivity index (χ4n) is 2.47. The van der Waals surface area contributed by atoms with Gasteiger partial charge in [-0.2, -0.15) is 0 Å². The molecule has 1 N–H and O–H groups in total. The summed E-state index contributed by atoms with van der Waals surface area (Å²) in [6.07, 6.45) is 3.28. The van der Waals surface area contributed by atoms with E-state index >= 15 is 0 Å². The molecule has 0 bridgehead atoms. The average Bonchev–Trinajstić information content (AvgIpc) is 3.03. The van der Waals surface area contributed by atoms with Crippen LogP contribution >= 0.6 is 11.3 Å². The average molecular weight is 335 g/mol. The summed E-state index contributed by atoms with van der Waals surface area (Å²) in [6, 6.07) is 13.2. The number of nitrogens with zero attached hydrogens (tertiary/aromatic N) is 2. The van der Waals surface area contributed by atoms with E-state index in [1.54, 1.807) is 31.6 Å². The van der Waals surface area contributed by atoms with E-state index < -0.39 is 0 Å². The number of thiophene rings is 1. The molecule has 0 spiro atoms. The van der Waals surface area contributed by atoms with Crippen LogP contribution in [0, 0.1) is 0 Å². The van der Waals surface area contributed by atoms with Crippen LogP contribution in [-0.2, 0) is 0 Å². The van der Waals surface area contributed by atoms with Gasteiger partial charge >= 0.3 is 0 Å². The van der Waals surface area contributed by atoms with Crippen molar-refractivity contribution in [3.8, 4) is 5.75 Å². The second-order valence-electron chi connectivity index (χ2n) is 5.25. The first-order valence-electron chi connectivity index (χ1n) is 7.33. The summed E-state index contributed by atoms with van der Waals surface area (Å²) in [5.41, 5.74) is 1.52. The van der Waals surface area contributed by atoms with Crippen LogP contribution in [0.15, 0.2) is 54.9 Å². The lowest BCUT2D eigenvalue weighted by molar-refractivity contribution is 0.103.